The van der Waals surface area contributed by atoms with Gasteiger partial charge in [-0.1, -0.05) is 30.0 Å². The van der Waals surface area contributed by atoms with Crippen LogP contribution in [-0.2, 0) is 4.74 Å². The molecule has 4 nitrogen and oxygen atoms in total. The number of hydrogen-bond acceptors (Lipinski definition) is 5. The molecule has 1 aromatic heterocycles. The fourth-order valence-corrected chi connectivity index (χ4v) is 2.03. The van der Waals surface area contributed by atoms with E-state index in [4.69, 9.17) is 0 Å². The summed E-state index contributed by atoms with van der Waals surface area (Å²) >= 11 is 1.47. The van der Waals surface area contributed by atoms with Gasteiger partial charge in [0.05, 0.1) is 7.11 Å². The van der Waals surface area contributed by atoms with Crippen molar-refractivity contribution in [1.29, 1.82) is 0 Å². The Morgan fingerprint density at radius 1 is 1.24 bits per heavy atom. The van der Waals surface area contributed by atoms with Gasteiger partial charge < -0.3 is 4.74 Å². The average Bonchev–Trinajstić information content (AvgIpc) is 2.39. The zero-order valence-electron chi connectivity index (χ0n) is 9.16. The molecular weight excluding hydrogens is 236 g/mol. The Kier molecular flexibility index (Phi) is 3.72. The minimum absolute atomic E-state index is 0.265. The molecule has 2 aromatic rings. The summed E-state index contributed by atoms with van der Waals surface area (Å²) in [6.45, 7) is 0. The normalized spacial score (nSPS) is 9.94. The second-order valence-corrected chi connectivity index (χ2v) is 4.24. The first-order chi connectivity index (χ1) is 8.29. The lowest BCUT2D eigenvalue weighted by atomic mass is 10.4. The highest BCUT2D eigenvalue weighted by Gasteiger charge is 2.08. The van der Waals surface area contributed by atoms with E-state index in [0.29, 0.717) is 5.03 Å². The number of methoxy groups -OCH3 is 1. The van der Waals surface area contributed by atoms with Crippen molar-refractivity contribution >= 4 is 17.7 Å². The van der Waals surface area contributed by atoms with Crippen molar-refractivity contribution in [3.8, 4) is 0 Å². The number of esters is 1. The lowest BCUT2D eigenvalue weighted by Crippen LogP contribution is -2.04. The zero-order valence-corrected chi connectivity index (χ0v) is 9.98. The standard InChI is InChI=1S/C12H10N2O2S/c1-16-12(15)10-7-11(14-8-13-10)17-9-5-3-2-4-6-9/h2-8H,1H3. The van der Waals surface area contributed by atoms with Gasteiger partial charge in [-0.15, -0.1) is 0 Å². The van der Waals surface area contributed by atoms with E-state index in [1.165, 1.54) is 25.2 Å². The van der Waals surface area contributed by atoms with Gasteiger partial charge in [0.25, 0.3) is 0 Å². The van der Waals surface area contributed by atoms with Gasteiger partial charge in [0, 0.05) is 11.0 Å². The van der Waals surface area contributed by atoms with Gasteiger partial charge in [-0.25, -0.2) is 14.8 Å². The minimum atomic E-state index is -0.456. The molecule has 0 unspecified atom stereocenters. The van der Waals surface area contributed by atoms with Crippen LogP contribution < -0.4 is 0 Å². The van der Waals surface area contributed by atoms with Crippen molar-refractivity contribution in [3.05, 3.63) is 48.4 Å². The van der Waals surface area contributed by atoms with Gasteiger partial charge >= 0.3 is 5.97 Å². The van der Waals surface area contributed by atoms with E-state index in [9.17, 15) is 4.79 Å². The third-order valence-corrected chi connectivity index (χ3v) is 2.94. The van der Waals surface area contributed by atoms with Crippen LogP contribution in [0.5, 0.6) is 0 Å². The summed E-state index contributed by atoms with van der Waals surface area (Å²) in [5, 5.41) is 0.714. The van der Waals surface area contributed by atoms with Crippen molar-refractivity contribution in [2.24, 2.45) is 0 Å². The van der Waals surface area contributed by atoms with Gasteiger partial charge in [-0.05, 0) is 12.1 Å². The summed E-state index contributed by atoms with van der Waals surface area (Å²) in [6, 6.07) is 11.4. The fraction of sp³-hybridized carbons (Fsp3) is 0.0833. The molecule has 0 fully saturated rings. The maximum Gasteiger partial charge on any atom is 0.356 e. The summed E-state index contributed by atoms with van der Waals surface area (Å²) in [6.07, 6.45) is 1.36. The van der Waals surface area contributed by atoms with E-state index in [2.05, 4.69) is 14.7 Å². The molecule has 0 aliphatic rings. The third kappa shape index (κ3) is 3.04. The van der Waals surface area contributed by atoms with Gasteiger partial charge in [-0.2, -0.15) is 0 Å². The lowest BCUT2D eigenvalue weighted by molar-refractivity contribution is 0.0593. The Balaban J connectivity index is 2.20. The predicted octanol–water partition coefficient (Wildman–Crippen LogP) is 2.41. The van der Waals surface area contributed by atoms with E-state index in [1.54, 1.807) is 6.07 Å². The molecule has 1 aromatic carbocycles. The van der Waals surface area contributed by atoms with E-state index >= 15 is 0 Å². The summed E-state index contributed by atoms with van der Waals surface area (Å²) < 4.78 is 4.60. The number of rotatable bonds is 3. The first-order valence-corrected chi connectivity index (χ1v) is 5.74. The Labute approximate surface area is 103 Å². The molecule has 0 spiro atoms. The van der Waals surface area contributed by atoms with Crippen LogP contribution in [0.2, 0.25) is 0 Å². The molecule has 0 N–H and O–H groups in total. The number of benzene rings is 1. The molecule has 0 atom stereocenters. The number of ether oxygens (including phenoxy) is 1. The molecule has 0 saturated heterocycles. The van der Waals surface area contributed by atoms with Gasteiger partial charge in [-0.3, -0.25) is 0 Å². The maximum absolute atomic E-state index is 11.3. The molecule has 0 aliphatic carbocycles. The monoisotopic (exact) mass is 246 g/mol. The molecule has 0 aliphatic heterocycles. The van der Waals surface area contributed by atoms with E-state index in [1.807, 2.05) is 30.3 Å². The van der Waals surface area contributed by atoms with E-state index in [-0.39, 0.29) is 5.69 Å². The molecule has 0 radical (unpaired) electrons. The number of carbonyl (C=O) groups is 1. The van der Waals surface area contributed by atoms with Crippen molar-refractivity contribution in [1.82, 2.24) is 9.97 Å². The van der Waals surface area contributed by atoms with Gasteiger partial charge in [0.15, 0.2) is 5.69 Å². The quantitative estimate of drug-likeness (QED) is 0.615. The highest BCUT2D eigenvalue weighted by Crippen LogP contribution is 2.25. The third-order valence-electron chi connectivity index (χ3n) is 2.00. The summed E-state index contributed by atoms with van der Waals surface area (Å²) in [5.41, 5.74) is 0.265. The average molecular weight is 246 g/mol. The molecule has 0 bridgehead atoms. The van der Waals surface area contributed by atoms with Crippen molar-refractivity contribution in [2.75, 3.05) is 7.11 Å². The van der Waals surface area contributed by atoms with Crippen molar-refractivity contribution in [2.45, 2.75) is 9.92 Å². The van der Waals surface area contributed by atoms with Gasteiger partial charge in [0.1, 0.15) is 11.4 Å². The van der Waals surface area contributed by atoms with Crippen molar-refractivity contribution < 1.29 is 9.53 Å². The van der Waals surface area contributed by atoms with Crippen LogP contribution in [0.1, 0.15) is 10.5 Å². The second-order valence-electron chi connectivity index (χ2n) is 3.15. The molecule has 0 saturated carbocycles. The molecule has 5 heteroatoms. The highest BCUT2D eigenvalue weighted by atomic mass is 32.2. The van der Waals surface area contributed by atoms with E-state index in [0.717, 1.165) is 4.90 Å². The summed E-state index contributed by atoms with van der Waals surface area (Å²) in [7, 11) is 1.33. The van der Waals surface area contributed by atoms with Crippen LogP contribution in [0.25, 0.3) is 0 Å². The Morgan fingerprint density at radius 2 is 2.00 bits per heavy atom. The maximum atomic E-state index is 11.3. The van der Waals surface area contributed by atoms with Crippen LogP contribution in [0.15, 0.2) is 52.6 Å². The van der Waals surface area contributed by atoms with E-state index < -0.39 is 5.97 Å². The Hall–Kier alpha value is -1.88. The van der Waals surface area contributed by atoms with Crippen LogP contribution in [0.3, 0.4) is 0 Å². The van der Waals surface area contributed by atoms with Crippen molar-refractivity contribution in [3.63, 3.8) is 0 Å². The fourth-order valence-electron chi connectivity index (χ4n) is 1.22. The number of nitrogens with zero attached hydrogens (tertiary/aromatic N) is 2. The lowest BCUT2D eigenvalue weighted by Gasteiger charge is -2.02. The largest absolute Gasteiger partial charge is 0.464 e. The Bertz CT molecular complexity index is 517. The molecule has 86 valence electrons. The van der Waals surface area contributed by atoms with Crippen LogP contribution in [-0.4, -0.2) is 23.0 Å². The molecule has 17 heavy (non-hydrogen) atoms. The molecule has 0 amide bonds. The highest BCUT2D eigenvalue weighted by molar-refractivity contribution is 7.99. The summed E-state index contributed by atoms with van der Waals surface area (Å²) in [5.74, 6) is -0.456. The number of carbonyl (C=O) groups excluding carboxylic acids is 1. The topological polar surface area (TPSA) is 52.1 Å². The molecule has 1 heterocycles. The number of aromatic nitrogens is 2. The second kappa shape index (κ2) is 5.45. The van der Waals surface area contributed by atoms with Crippen LogP contribution in [0, 0.1) is 0 Å². The number of hydrogen-bond donors (Lipinski definition) is 0. The smallest absolute Gasteiger partial charge is 0.356 e. The first kappa shape index (κ1) is 11.6. The molecular formula is C12H10N2O2S. The van der Waals surface area contributed by atoms with Gasteiger partial charge in [0.2, 0.25) is 0 Å². The summed E-state index contributed by atoms with van der Waals surface area (Å²) in [4.78, 5) is 20.3. The first-order valence-electron chi connectivity index (χ1n) is 4.93. The van der Waals surface area contributed by atoms with Crippen LogP contribution in [0.4, 0.5) is 0 Å². The molecule has 2 rings (SSSR count). The minimum Gasteiger partial charge on any atom is -0.464 e. The Morgan fingerprint density at radius 3 is 2.71 bits per heavy atom. The van der Waals surface area contributed by atoms with Crippen LogP contribution >= 0.6 is 11.8 Å². The zero-order chi connectivity index (χ0) is 12.1. The predicted molar refractivity (Wildman–Crippen MR) is 63.9 cm³/mol. The SMILES string of the molecule is COC(=O)c1cc(Sc2ccccc2)ncn1.